The Balaban J connectivity index is 1.54. The average Bonchev–Trinajstić information content (AvgIpc) is 3.22. The second-order valence-electron chi connectivity index (χ2n) is 6.38. The van der Waals surface area contributed by atoms with E-state index in [2.05, 4.69) is 19.9 Å². The van der Waals surface area contributed by atoms with Crippen molar-refractivity contribution in [2.75, 3.05) is 13.1 Å². The molecule has 1 aliphatic heterocycles. The molecule has 0 unspecified atom stereocenters. The molecule has 1 fully saturated rings. The number of fused-ring (bicyclic) bond motifs is 1. The van der Waals surface area contributed by atoms with Crippen LogP contribution >= 0.6 is 0 Å². The first-order valence-electron chi connectivity index (χ1n) is 8.15. The summed E-state index contributed by atoms with van der Waals surface area (Å²) in [5, 5.41) is 0. The van der Waals surface area contributed by atoms with Crippen LogP contribution in [0.15, 0.2) is 30.6 Å². The Labute approximate surface area is 140 Å². The van der Waals surface area contributed by atoms with E-state index in [0.717, 1.165) is 41.2 Å². The summed E-state index contributed by atoms with van der Waals surface area (Å²) in [7, 11) is 0. The number of nitrogens with zero attached hydrogens (tertiary/aromatic N) is 4. The molecule has 1 aliphatic rings. The zero-order chi connectivity index (χ0) is 16.7. The summed E-state index contributed by atoms with van der Waals surface area (Å²) < 4.78 is 0. The number of likely N-dealkylation sites (tertiary alicyclic amines) is 1. The summed E-state index contributed by atoms with van der Waals surface area (Å²) in [6.07, 6.45) is 2.54. The lowest BCUT2D eigenvalue weighted by Crippen LogP contribution is -2.28. The van der Waals surface area contributed by atoms with Gasteiger partial charge in [0.25, 0.3) is 5.91 Å². The Morgan fingerprint density at radius 1 is 1.21 bits per heavy atom. The van der Waals surface area contributed by atoms with E-state index in [4.69, 9.17) is 0 Å². The third-order valence-electron chi connectivity index (χ3n) is 4.51. The molecule has 24 heavy (non-hydrogen) atoms. The summed E-state index contributed by atoms with van der Waals surface area (Å²) >= 11 is 0. The first kappa shape index (κ1) is 14.8. The van der Waals surface area contributed by atoms with Gasteiger partial charge in [-0.3, -0.25) is 4.79 Å². The van der Waals surface area contributed by atoms with Gasteiger partial charge in [0.1, 0.15) is 5.82 Å². The minimum atomic E-state index is 0.0541. The number of amides is 1. The highest BCUT2D eigenvalue weighted by atomic mass is 16.2. The Morgan fingerprint density at radius 3 is 2.79 bits per heavy atom. The van der Waals surface area contributed by atoms with Gasteiger partial charge in [-0.1, -0.05) is 0 Å². The second kappa shape index (κ2) is 5.70. The van der Waals surface area contributed by atoms with Crippen LogP contribution in [0.4, 0.5) is 0 Å². The largest absolute Gasteiger partial charge is 0.345 e. The van der Waals surface area contributed by atoms with Gasteiger partial charge in [0.15, 0.2) is 0 Å². The molecule has 0 radical (unpaired) electrons. The number of aromatic nitrogens is 4. The summed E-state index contributed by atoms with van der Waals surface area (Å²) in [6.45, 7) is 5.37. The number of nitrogens with one attached hydrogen (secondary N) is 1. The molecule has 122 valence electrons. The molecule has 0 spiro atoms. The Hall–Kier alpha value is -2.76. The maximum Gasteiger partial charge on any atom is 0.253 e. The molecule has 2 aromatic heterocycles. The Kier molecular flexibility index (Phi) is 3.52. The lowest BCUT2D eigenvalue weighted by Gasteiger charge is -2.16. The van der Waals surface area contributed by atoms with Gasteiger partial charge in [-0.25, -0.2) is 15.0 Å². The van der Waals surface area contributed by atoms with E-state index in [1.807, 2.05) is 43.0 Å². The number of rotatable bonds is 2. The molecule has 4 rings (SSSR count). The van der Waals surface area contributed by atoms with Crippen molar-refractivity contribution in [1.29, 1.82) is 0 Å². The number of imidazole rings is 1. The minimum absolute atomic E-state index is 0.0541. The number of aryl methyl sites for hydroxylation is 2. The molecule has 1 atom stereocenters. The van der Waals surface area contributed by atoms with Crippen LogP contribution in [0.5, 0.6) is 0 Å². The number of aromatic amines is 1. The normalized spacial score (nSPS) is 17.6. The molecule has 0 aliphatic carbocycles. The van der Waals surface area contributed by atoms with Crippen molar-refractivity contribution in [3.05, 3.63) is 53.4 Å². The molecule has 3 aromatic rings. The minimum Gasteiger partial charge on any atom is -0.345 e. The molecule has 1 N–H and O–H groups in total. The number of carbonyl (C=O) groups is 1. The van der Waals surface area contributed by atoms with Crippen molar-refractivity contribution in [3.8, 4) is 0 Å². The second-order valence-corrected chi connectivity index (χ2v) is 6.38. The van der Waals surface area contributed by atoms with Crippen molar-refractivity contribution < 1.29 is 4.79 Å². The predicted molar refractivity (Wildman–Crippen MR) is 90.9 cm³/mol. The van der Waals surface area contributed by atoms with E-state index in [-0.39, 0.29) is 11.8 Å². The fraction of sp³-hybridized carbons (Fsp3) is 0.333. The van der Waals surface area contributed by atoms with Gasteiger partial charge in [0, 0.05) is 36.0 Å². The van der Waals surface area contributed by atoms with E-state index in [9.17, 15) is 4.79 Å². The van der Waals surface area contributed by atoms with Crippen LogP contribution in [0, 0.1) is 13.8 Å². The van der Waals surface area contributed by atoms with Crippen molar-refractivity contribution in [1.82, 2.24) is 24.8 Å². The zero-order valence-corrected chi connectivity index (χ0v) is 13.8. The topological polar surface area (TPSA) is 74.8 Å². The van der Waals surface area contributed by atoms with E-state index < -0.39 is 0 Å². The fourth-order valence-electron chi connectivity index (χ4n) is 3.34. The van der Waals surface area contributed by atoms with Crippen molar-refractivity contribution >= 4 is 16.9 Å². The molecule has 6 nitrogen and oxygen atoms in total. The van der Waals surface area contributed by atoms with Crippen molar-refractivity contribution in [3.63, 3.8) is 0 Å². The molecule has 6 heteroatoms. The smallest absolute Gasteiger partial charge is 0.253 e. The maximum atomic E-state index is 12.8. The first-order valence-corrected chi connectivity index (χ1v) is 8.15. The molecular formula is C18H19N5O. The lowest BCUT2D eigenvalue weighted by atomic mass is 10.1. The third kappa shape index (κ3) is 2.64. The van der Waals surface area contributed by atoms with Crippen LogP contribution in [0.2, 0.25) is 0 Å². The van der Waals surface area contributed by atoms with Crippen LogP contribution in [0.25, 0.3) is 11.0 Å². The van der Waals surface area contributed by atoms with Gasteiger partial charge >= 0.3 is 0 Å². The zero-order valence-electron chi connectivity index (χ0n) is 13.8. The SMILES string of the molecule is Cc1cc(C)nc([C@@H]2CCN(C(=O)c3ccc4nc[nH]c4c3)C2)n1. The van der Waals surface area contributed by atoms with Crippen molar-refractivity contribution in [2.45, 2.75) is 26.2 Å². The van der Waals surface area contributed by atoms with Gasteiger partial charge in [0.05, 0.1) is 17.4 Å². The summed E-state index contributed by atoms with van der Waals surface area (Å²) in [5.41, 5.74) is 4.40. The van der Waals surface area contributed by atoms with Crippen LogP contribution in [0.3, 0.4) is 0 Å². The van der Waals surface area contributed by atoms with Crippen LogP contribution in [0.1, 0.15) is 39.9 Å². The van der Waals surface area contributed by atoms with Crippen LogP contribution < -0.4 is 0 Å². The number of hydrogen-bond acceptors (Lipinski definition) is 4. The standard InChI is InChI=1S/C18H19N5O/c1-11-7-12(2)22-17(21-11)14-5-6-23(9-14)18(24)13-3-4-15-16(8-13)20-10-19-15/h3-4,7-8,10,14H,5-6,9H2,1-2H3,(H,19,20)/t14-/m1/s1. The highest BCUT2D eigenvalue weighted by Gasteiger charge is 2.30. The van der Waals surface area contributed by atoms with Crippen LogP contribution in [-0.2, 0) is 0 Å². The monoisotopic (exact) mass is 321 g/mol. The molecule has 0 saturated carbocycles. The average molecular weight is 321 g/mol. The number of carbonyl (C=O) groups excluding carboxylic acids is 1. The first-order chi connectivity index (χ1) is 11.6. The van der Waals surface area contributed by atoms with Gasteiger partial charge in [0.2, 0.25) is 0 Å². The quantitative estimate of drug-likeness (QED) is 0.787. The molecule has 1 saturated heterocycles. The predicted octanol–water partition coefficient (Wildman–Crippen LogP) is 2.60. The maximum absolute atomic E-state index is 12.8. The van der Waals surface area contributed by atoms with E-state index in [0.29, 0.717) is 12.1 Å². The third-order valence-corrected chi connectivity index (χ3v) is 4.51. The Bertz CT molecular complexity index is 896. The van der Waals surface area contributed by atoms with Crippen molar-refractivity contribution in [2.24, 2.45) is 0 Å². The summed E-state index contributed by atoms with van der Waals surface area (Å²) in [4.78, 5) is 31.0. The lowest BCUT2D eigenvalue weighted by molar-refractivity contribution is 0.0790. The van der Waals surface area contributed by atoms with E-state index in [1.54, 1.807) is 6.33 Å². The van der Waals surface area contributed by atoms with Gasteiger partial charge < -0.3 is 9.88 Å². The van der Waals surface area contributed by atoms with Gasteiger partial charge in [-0.2, -0.15) is 0 Å². The number of H-pyrrole nitrogens is 1. The molecule has 0 bridgehead atoms. The van der Waals surface area contributed by atoms with E-state index in [1.165, 1.54) is 0 Å². The van der Waals surface area contributed by atoms with E-state index >= 15 is 0 Å². The molecule has 1 aromatic carbocycles. The Morgan fingerprint density at radius 2 is 2.00 bits per heavy atom. The highest BCUT2D eigenvalue weighted by Crippen LogP contribution is 2.26. The highest BCUT2D eigenvalue weighted by molar-refractivity contribution is 5.97. The van der Waals surface area contributed by atoms with Gasteiger partial charge in [-0.05, 0) is 44.5 Å². The van der Waals surface area contributed by atoms with Gasteiger partial charge in [-0.15, -0.1) is 0 Å². The number of hydrogen-bond donors (Lipinski definition) is 1. The fourth-order valence-corrected chi connectivity index (χ4v) is 3.34. The molecular weight excluding hydrogens is 302 g/mol. The molecule has 1 amide bonds. The molecule has 3 heterocycles. The number of benzene rings is 1. The summed E-state index contributed by atoms with van der Waals surface area (Å²) in [6, 6.07) is 7.55. The summed E-state index contributed by atoms with van der Waals surface area (Å²) in [5.74, 6) is 1.12. The van der Waals surface area contributed by atoms with Crippen LogP contribution in [-0.4, -0.2) is 43.8 Å².